The van der Waals surface area contributed by atoms with Gasteiger partial charge in [-0.1, -0.05) is 49.6 Å². The first-order valence-electron chi connectivity index (χ1n) is 9.24. The SMILES string of the molecule is COc1ccc(CNC(=O)C2(c3ccccc3)CCCCC2)c(OC)c1. The van der Waals surface area contributed by atoms with Crippen LogP contribution in [0.15, 0.2) is 48.5 Å². The summed E-state index contributed by atoms with van der Waals surface area (Å²) in [5, 5.41) is 3.16. The maximum atomic E-state index is 13.2. The topological polar surface area (TPSA) is 47.6 Å². The summed E-state index contributed by atoms with van der Waals surface area (Å²) >= 11 is 0. The molecule has 1 fully saturated rings. The number of benzene rings is 2. The van der Waals surface area contributed by atoms with E-state index >= 15 is 0 Å². The van der Waals surface area contributed by atoms with Crippen molar-refractivity contribution in [2.75, 3.05) is 14.2 Å². The lowest BCUT2D eigenvalue weighted by molar-refractivity contribution is -0.128. The Hall–Kier alpha value is -2.49. The molecular weight excluding hydrogens is 326 g/mol. The van der Waals surface area contributed by atoms with Crippen molar-refractivity contribution in [2.24, 2.45) is 0 Å². The molecule has 2 aromatic carbocycles. The van der Waals surface area contributed by atoms with Crippen molar-refractivity contribution in [1.29, 1.82) is 0 Å². The Bertz CT molecular complexity index is 736. The number of hydrogen-bond donors (Lipinski definition) is 1. The van der Waals surface area contributed by atoms with E-state index in [1.54, 1.807) is 14.2 Å². The second-order valence-electron chi connectivity index (χ2n) is 6.87. The van der Waals surface area contributed by atoms with Crippen molar-refractivity contribution in [1.82, 2.24) is 5.32 Å². The number of carbonyl (C=O) groups is 1. The summed E-state index contributed by atoms with van der Waals surface area (Å²) in [6.45, 7) is 0.445. The lowest BCUT2D eigenvalue weighted by atomic mass is 9.68. The molecule has 1 aliphatic carbocycles. The lowest BCUT2D eigenvalue weighted by Crippen LogP contribution is -2.45. The van der Waals surface area contributed by atoms with Gasteiger partial charge in [0, 0.05) is 18.2 Å². The first-order chi connectivity index (χ1) is 12.7. The number of ether oxygens (including phenoxy) is 2. The standard InChI is InChI=1S/C22H27NO3/c1-25-19-12-11-17(20(15-19)26-2)16-23-21(24)22(13-7-4-8-14-22)18-9-5-3-6-10-18/h3,5-6,9-12,15H,4,7-8,13-14,16H2,1-2H3,(H,23,24). The summed E-state index contributed by atoms with van der Waals surface area (Å²) in [6, 6.07) is 15.9. The van der Waals surface area contributed by atoms with Gasteiger partial charge < -0.3 is 14.8 Å². The quantitative estimate of drug-likeness (QED) is 0.846. The van der Waals surface area contributed by atoms with E-state index in [1.807, 2.05) is 36.4 Å². The smallest absolute Gasteiger partial charge is 0.230 e. The molecule has 4 nitrogen and oxygen atoms in total. The van der Waals surface area contributed by atoms with E-state index in [1.165, 1.54) is 6.42 Å². The molecule has 1 aliphatic rings. The second kappa shape index (κ2) is 8.26. The van der Waals surface area contributed by atoms with Gasteiger partial charge in [0.25, 0.3) is 0 Å². The Morgan fingerprint density at radius 1 is 1.00 bits per heavy atom. The van der Waals surface area contributed by atoms with Crippen LogP contribution in [0.1, 0.15) is 43.2 Å². The van der Waals surface area contributed by atoms with Crippen LogP contribution < -0.4 is 14.8 Å². The summed E-state index contributed by atoms with van der Waals surface area (Å²) in [4.78, 5) is 13.2. The fraction of sp³-hybridized carbons (Fsp3) is 0.409. The normalized spacial score (nSPS) is 15.9. The first kappa shape index (κ1) is 18.3. The van der Waals surface area contributed by atoms with Gasteiger partial charge in [-0.15, -0.1) is 0 Å². The Kier molecular flexibility index (Phi) is 5.82. The van der Waals surface area contributed by atoms with E-state index in [9.17, 15) is 4.79 Å². The predicted molar refractivity (Wildman–Crippen MR) is 103 cm³/mol. The average Bonchev–Trinajstić information content (AvgIpc) is 2.73. The highest BCUT2D eigenvalue weighted by atomic mass is 16.5. The van der Waals surface area contributed by atoms with Crippen molar-refractivity contribution in [3.63, 3.8) is 0 Å². The molecule has 0 saturated heterocycles. The number of rotatable bonds is 6. The highest BCUT2D eigenvalue weighted by molar-refractivity contribution is 5.88. The number of nitrogens with one attached hydrogen (secondary N) is 1. The third-order valence-corrected chi connectivity index (χ3v) is 5.40. The van der Waals surface area contributed by atoms with Gasteiger partial charge in [-0.3, -0.25) is 4.79 Å². The zero-order valence-corrected chi connectivity index (χ0v) is 15.6. The molecule has 0 aromatic heterocycles. The first-order valence-corrected chi connectivity index (χ1v) is 9.24. The van der Waals surface area contributed by atoms with E-state index in [0.717, 1.165) is 48.3 Å². The molecule has 0 aliphatic heterocycles. The summed E-state index contributed by atoms with van der Waals surface area (Å²) in [7, 11) is 3.26. The second-order valence-corrected chi connectivity index (χ2v) is 6.87. The largest absolute Gasteiger partial charge is 0.497 e. The molecule has 0 bridgehead atoms. The van der Waals surface area contributed by atoms with Gasteiger partial charge in [-0.25, -0.2) is 0 Å². The average molecular weight is 353 g/mol. The van der Waals surface area contributed by atoms with Crippen LogP contribution >= 0.6 is 0 Å². The van der Waals surface area contributed by atoms with Gasteiger partial charge in [0.05, 0.1) is 19.6 Å². The van der Waals surface area contributed by atoms with Crippen LogP contribution in [0.5, 0.6) is 11.5 Å². The van der Waals surface area contributed by atoms with Gasteiger partial charge >= 0.3 is 0 Å². The fourth-order valence-corrected chi connectivity index (χ4v) is 3.90. The molecule has 0 radical (unpaired) electrons. The Morgan fingerprint density at radius 3 is 2.38 bits per heavy atom. The summed E-state index contributed by atoms with van der Waals surface area (Å²) in [5.41, 5.74) is 1.65. The van der Waals surface area contributed by atoms with Crippen molar-refractivity contribution in [3.8, 4) is 11.5 Å². The van der Waals surface area contributed by atoms with Crippen LogP contribution in [0.4, 0.5) is 0 Å². The molecule has 1 N–H and O–H groups in total. The molecule has 0 unspecified atom stereocenters. The van der Waals surface area contributed by atoms with Gasteiger partial charge in [-0.2, -0.15) is 0 Å². The van der Waals surface area contributed by atoms with Crippen LogP contribution in [0.3, 0.4) is 0 Å². The molecule has 138 valence electrons. The van der Waals surface area contributed by atoms with E-state index in [-0.39, 0.29) is 5.91 Å². The molecule has 1 saturated carbocycles. The van der Waals surface area contributed by atoms with Gasteiger partial charge in [0.2, 0.25) is 5.91 Å². The van der Waals surface area contributed by atoms with Gasteiger partial charge in [-0.05, 0) is 30.5 Å². The third-order valence-electron chi connectivity index (χ3n) is 5.40. The van der Waals surface area contributed by atoms with E-state index in [0.29, 0.717) is 6.54 Å². The monoisotopic (exact) mass is 353 g/mol. The molecule has 1 amide bonds. The number of carbonyl (C=O) groups excluding carboxylic acids is 1. The van der Waals surface area contributed by atoms with Crippen LogP contribution in [-0.4, -0.2) is 20.1 Å². The molecule has 4 heteroatoms. The van der Waals surface area contributed by atoms with Crippen molar-refractivity contribution >= 4 is 5.91 Å². The van der Waals surface area contributed by atoms with E-state index < -0.39 is 5.41 Å². The van der Waals surface area contributed by atoms with Crippen LogP contribution in [-0.2, 0) is 16.8 Å². The Morgan fingerprint density at radius 2 is 1.73 bits per heavy atom. The predicted octanol–water partition coefficient (Wildman–Crippen LogP) is 4.22. The van der Waals surface area contributed by atoms with Crippen LogP contribution in [0.25, 0.3) is 0 Å². The van der Waals surface area contributed by atoms with E-state index in [2.05, 4.69) is 17.4 Å². The number of hydrogen-bond acceptors (Lipinski definition) is 3. The minimum absolute atomic E-state index is 0.112. The number of amides is 1. The molecule has 0 heterocycles. The molecule has 0 spiro atoms. The summed E-state index contributed by atoms with van der Waals surface area (Å²) in [6.07, 6.45) is 5.20. The molecule has 26 heavy (non-hydrogen) atoms. The van der Waals surface area contributed by atoms with Gasteiger partial charge in [0.15, 0.2) is 0 Å². The van der Waals surface area contributed by atoms with E-state index in [4.69, 9.17) is 9.47 Å². The Balaban J connectivity index is 1.79. The molecule has 3 rings (SSSR count). The lowest BCUT2D eigenvalue weighted by Gasteiger charge is -2.36. The summed E-state index contributed by atoms with van der Waals surface area (Å²) in [5.74, 6) is 1.58. The Labute approximate surface area is 155 Å². The van der Waals surface area contributed by atoms with Crippen LogP contribution in [0, 0.1) is 0 Å². The zero-order valence-electron chi connectivity index (χ0n) is 15.6. The van der Waals surface area contributed by atoms with Crippen LogP contribution in [0.2, 0.25) is 0 Å². The molecular formula is C22H27NO3. The van der Waals surface area contributed by atoms with Crippen molar-refractivity contribution in [2.45, 2.75) is 44.1 Å². The maximum Gasteiger partial charge on any atom is 0.230 e. The third kappa shape index (κ3) is 3.69. The number of methoxy groups -OCH3 is 2. The zero-order chi connectivity index (χ0) is 18.4. The van der Waals surface area contributed by atoms with Gasteiger partial charge in [0.1, 0.15) is 11.5 Å². The fourth-order valence-electron chi connectivity index (χ4n) is 3.90. The minimum Gasteiger partial charge on any atom is -0.497 e. The summed E-state index contributed by atoms with van der Waals surface area (Å²) < 4.78 is 10.7. The van der Waals surface area contributed by atoms with Crippen molar-refractivity contribution < 1.29 is 14.3 Å². The molecule has 0 atom stereocenters. The highest BCUT2D eigenvalue weighted by Gasteiger charge is 2.40. The molecule has 2 aromatic rings. The van der Waals surface area contributed by atoms with Crippen molar-refractivity contribution in [3.05, 3.63) is 59.7 Å². The maximum absolute atomic E-state index is 13.2. The highest BCUT2D eigenvalue weighted by Crippen LogP contribution is 2.39. The minimum atomic E-state index is -0.417.